The zero-order chi connectivity index (χ0) is 15.6. The van der Waals surface area contributed by atoms with E-state index in [1.165, 1.54) is 0 Å². The van der Waals surface area contributed by atoms with Crippen LogP contribution in [0.2, 0.25) is 10.0 Å². The van der Waals surface area contributed by atoms with Gasteiger partial charge >= 0.3 is 5.97 Å². The lowest BCUT2D eigenvalue weighted by Gasteiger charge is -2.18. The Morgan fingerprint density at radius 3 is 2.43 bits per heavy atom. The van der Waals surface area contributed by atoms with E-state index in [-0.39, 0.29) is 11.6 Å². The first kappa shape index (κ1) is 15.7. The van der Waals surface area contributed by atoms with Crippen LogP contribution in [-0.4, -0.2) is 11.1 Å². The van der Waals surface area contributed by atoms with Crippen LogP contribution in [0.4, 0.5) is 5.69 Å². The molecule has 1 unspecified atom stereocenters. The van der Waals surface area contributed by atoms with Crippen molar-refractivity contribution in [3.8, 4) is 0 Å². The molecule has 2 rings (SSSR count). The largest absolute Gasteiger partial charge is 0.478 e. The van der Waals surface area contributed by atoms with Crippen LogP contribution in [0.15, 0.2) is 36.4 Å². The van der Waals surface area contributed by atoms with E-state index in [1.54, 1.807) is 24.3 Å². The van der Waals surface area contributed by atoms with Gasteiger partial charge in [0.05, 0.1) is 15.6 Å². The number of carboxylic acid groups (broad SMARTS) is 1. The van der Waals surface area contributed by atoms with E-state index in [9.17, 15) is 4.79 Å². The second-order valence-electron chi connectivity index (χ2n) is 4.87. The average Bonchev–Trinajstić information content (AvgIpc) is 2.43. The molecule has 2 N–H and O–H groups in total. The fourth-order valence-corrected chi connectivity index (χ4v) is 2.36. The molecule has 3 nitrogen and oxygen atoms in total. The van der Waals surface area contributed by atoms with Gasteiger partial charge in [0, 0.05) is 11.7 Å². The number of aromatic carboxylic acids is 1. The van der Waals surface area contributed by atoms with Crippen molar-refractivity contribution < 1.29 is 9.90 Å². The highest BCUT2D eigenvalue weighted by molar-refractivity contribution is 6.42. The fourth-order valence-electron chi connectivity index (χ4n) is 2.06. The average molecular weight is 324 g/mol. The molecule has 0 heterocycles. The molecule has 21 heavy (non-hydrogen) atoms. The van der Waals surface area contributed by atoms with Gasteiger partial charge in [-0.2, -0.15) is 0 Å². The third-order valence-electron chi connectivity index (χ3n) is 3.29. The van der Waals surface area contributed by atoms with E-state index in [1.807, 2.05) is 26.0 Å². The third-order valence-corrected chi connectivity index (χ3v) is 4.03. The molecule has 0 aliphatic carbocycles. The minimum Gasteiger partial charge on any atom is -0.478 e. The lowest BCUT2D eigenvalue weighted by Crippen LogP contribution is -2.08. The van der Waals surface area contributed by atoms with Crippen LogP contribution in [0.5, 0.6) is 0 Å². The SMILES string of the molecule is Cc1cc(C(=O)O)ccc1NC(C)c1ccc(Cl)c(Cl)c1. The number of carbonyl (C=O) groups is 1. The Labute approximate surface area is 133 Å². The summed E-state index contributed by atoms with van der Waals surface area (Å²) in [4.78, 5) is 10.9. The monoisotopic (exact) mass is 323 g/mol. The maximum absolute atomic E-state index is 10.9. The summed E-state index contributed by atoms with van der Waals surface area (Å²) in [6.45, 7) is 3.88. The van der Waals surface area contributed by atoms with Crippen molar-refractivity contribution in [2.75, 3.05) is 5.32 Å². The third kappa shape index (κ3) is 3.69. The van der Waals surface area contributed by atoms with Gasteiger partial charge in [-0.3, -0.25) is 0 Å². The fraction of sp³-hybridized carbons (Fsp3) is 0.188. The van der Waals surface area contributed by atoms with Crippen LogP contribution in [0.3, 0.4) is 0 Å². The van der Waals surface area contributed by atoms with E-state index < -0.39 is 5.97 Å². The highest BCUT2D eigenvalue weighted by atomic mass is 35.5. The Bertz CT molecular complexity index is 686. The van der Waals surface area contributed by atoms with Crippen molar-refractivity contribution in [3.05, 3.63) is 63.1 Å². The number of halogens is 2. The molecule has 1 atom stereocenters. The topological polar surface area (TPSA) is 49.3 Å². The van der Waals surface area contributed by atoms with Gasteiger partial charge in [0.15, 0.2) is 0 Å². The minimum absolute atomic E-state index is 0.0224. The number of hydrogen-bond donors (Lipinski definition) is 2. The summed E-state index contributed by atoms with van der Waals surface area (Å²) in [5.74, 6) is -0.929. The summed E-state index contributed by atoms with van der Waals surface area (Å²) in [5, 5.41) is 13.4. The molecule has 0 spiro atoms. The van der Waals surface area contributed by atoms with Crippen molar-refractivity contribution in [2.24, 2.45) is 0 Å². The minimum atomic E-state index is -0.929. The molecule has 2 aromatic carbocycles. The first-order valence-electron chi connectivity index (χ1n) is 6.44. The standard InChI is InChI=1S/C16H15Cl2NO2/c1-9-7-12(16(20)21)4-6-15(9)19-10(2)11-3-5-13(17)14(18)8-11/h3-8,10,19H,1-2H3,(H,20,21). The van der Waals surface area contributed by atoms with Gasteiger partial charge in [0.25, 0.3) is 0 Å². The Morgan fingerprint density at radius 1 is 1.14 bits per heavy atom. The van der Waals surface area contributed by atoms with E-state index in [0.29, 0.717) is 10.0 Å². The molecule has 0 amide bonds. The van der Waals surface area contributed by atoms with Crippen LogP contribution in [0.25, 0.3) is 0 Å². The number of benzene rings is 2. The molecule has 5 heteroatoms. The van der Waals surface area contributed by atoms with Crippen molar-refractivity contribution in [1.82, 2.24) is 0 Å². The quantitative estimate of drug-likeness (QED) is 0.815. The van der Waals surface area contributed by atoms with E-state index in [4.69, 9.17) is 28.3 Å². The highest BCUT2D eigenvalue weighted by Gasteiger charge is 2.10. The lowest BCUT2D eigenvalue weighted by atomic mass is 10.1. The Kier molecular flexibility index (Phi) is 4.76. The molecule has 0 aliphatic rings. The van der Waals surface area contributed by atoms with Crippen LogP contribution in [0.1, 0.15) is 34.5 Å². The summed E-state index contributed by atoms with van der Waals surface area (Å²) in [7, 11) is 0. The van der Waals surface area contributed by atoms with Gasteiger partial charge in [-0.05, 0) is 55.3 Å². The summed E-state index contributed by atoms with van der Waals surface area (Å²) >= 11 is 11.9. The van der Waals surface area contributed by atoms with E-state index >= 15 is 0 Å². The zero-order valence-corrected chi connectivity index (χ0v) is 13.2. The molecule has 0 aromatic heterocycles. The summed E-state index contributed by atoms with van der Waals surface area (Å²) in [6, 6.07) is 10.5. The number of rotatable bonds is 4. The molecular weight excluding hydrogens is 309 g/mol. The van der Waals surface area contributed by atoms with Crippen LogP contribution in [0, 0.1) is 6.92 Å². The normalized spacial score (nSPS) is 12.0. The number of carboxylic acids is 1. The maximum atomic E-state index is 10.9. The number of hydrogen-bond acceptors (Lipinski definition) is 2. The molecule has 0 saturated carbocycles. The zero-order valence-electron chi connectivity index (χ0n) is 11.7. The van der Waals surface area contributed by atoms with Crippen molar-refractivity contribution in [2.45, 2.75) is 19.9 Å². The van der Waals surface area contributed by atoms with Gasteiger partial charge in [-0.1, -0.05) is 29.3 Å². The van der Waals surface area contributed by atoms with Crippen molar-refractivity contribution >= 4 is 34.9 Å². The molecule has 0 saturated heterocycles. The predicted octanol–water partition coefficient (Wildman–Crippen LogP) is 5.17. The first-order chi connectivity index (χ1) is 9.88. The maximum Gasteiger partial charge on any atom is 0.335 e. The van der Waals surface area contributed by atoms with Gasteiger partial charge < -0.3 is 10.4 Å². The molecule has 0 bridgehead atoms. The molecule has 0 aliphatic heterocycles. The predicted molar refractivity (Wildman–Crippen MR) is 86.6 cm³/mol. The Hall–Kier alpha value is -1.71. The molecule has 0 radical (unpaired) electrons. The number of anilines is 1. The van der Waals surface area contributed by atoms with Gasteiger partial charge in [-0.25, -0.2) is 4.79 Å². The second kappa shape index (κ2) is 6.37. The van der Waals surface area contributed by atoms with Crippen molar-refractivity contribution in [3.63, 3.8) is 0 Å². The lowest BCUT2D eigenvalue weighted by molar-refractivity contribution is 0.0697. The van der Waals surface area contributed by atoms with E-state index in [2.05, 4.69) is 5.32 Å². The van der Waals surface area contributed by atoms with Crippen LogP contribution < -0.4 is 5.32 Å². The number of nitrogens with one attached hydrogen (secondary N) is 1. The van der Waals surface area contributed by atoms with Gasteiger partial charge in [-0.15, -0.1) is 0 Å². The second-order valence-corrected chi connectivity index (χ2v) is 5.69. The molecule has 2 aromatic rings. The van der Waals surface area contributed by atoms with Crippen LogP contribution in [-0.2, 0) is 0 Å². The highest BCUT2D eigenvalue weighted by Crippen LogP contribution is 2.28. The molecule has 0 fully saturated rings. The summed E-state index contributed by atoms with van der Waals surface area (Å²) in [5.41, 5.74) is 3.05. The van der Waals surface area contributed by atoms with Gasteiger partial charge in [0.1, 0.15) is 0 Å². The summed E-state index contributed by atoms with van der Waals surface area (Å²) in [6.07, 6.45) is 0. The Balaban J connectivity index is 2.21. The van der Waals surface area contributed by atoms with Crippen molar-refractivity contribution in [1.29, 1.82) is 0 Å². The van der Waals surface area contributed by atoms with E-state index in [0.717, 1.165) is 16.8 Å². The summed E-state index contributed by atoms with van der Waals surface area (Å²) < 4.78 is 0. The van der Waals surface area contributed by atoms with Crippen LogP contribution >= 0.6 is 23.2 Å². The first-order valence-corrected chi connectivity index (χ1v) is 7.19. The van der Waals surface area contributed by atoms with Gasteiger partial charge in [0.2, 0.25) is 0 Å². The molecular formula is C16H15Cl2NO2. The molecule has 110 valence electrons. The Morgan fingerprint density at radius 2 is 1.86 bits per heavy atom. The smallest absolute Gasteiger partial charge is 0.335 e. The number of aryl methyl sites for hydroxylation is 1.